The molecule has 5 aromatic carbocycles. The maximum atomic E-state index is 16.4. The lowest BCUT2D eigenvalue weighted by Gasteiger charge is -2.24. The molecule has 0 bridgehead atoms. The third-order valence-corrected chi connectivity index (χ3v) is 21.6. The highest BCUT2D eigenvalue weighted by Crippen LogP contribution is 2.58. The quantitative estimate of drug-likeness (QED) is 0.0982. The smallest absolute Gasteiger partial charge is 0.190 e. The molecule has 8 heteroatoms. The molecule has 1 atom stereocenters. The van der Waals surface area contributed by atoms with E-state index in [1.54, 1.807) is 28.1 Å². The van der Waals surface area contributed by atoms with E-state index in [-0.39, 0.29) is 0 Å². The fraction of sp³-hybridized carbons (Fsp3) is 0.0417. The Morgan fingerprint density at radius 2 is 0.964 bits per heavy atom. The van der Waals surface area contributed by atoms with E-state index in [1.165, 1.54) is 11.3 Å². The molecule has 0 saturated heterocycles. The van der Waals surface area contributed by atoms with Gasteiger partial charge in [-0.1, -0.05) is 128 Å². The Kier molecular flexibility index (Phi) is 11.3. The molecule has 2 nitrogen and oxygen atoms in total. The highest BCUT2D eigenvalue weighted by atomic mass is 32.1. The van der Waals surface area contributed by atoms with Gasteiger partial charge in [-0.25, -0.2) is 0 Å². The van der Waals surface area contributed by atoms with E-state index in [4.69, 9.17) is 12.6 Å². The van der Waals surface area contributed by atoms with Gasteiger partial charge in [-0.3, -0.25) is 0 Å². The molecule has 0 spiro atoms. The third kappa shape index (κ3) is 7.51. The maximum absolute atomic E-state index is 16.4. The third-order valence-electron chi connectivity index (χ3n) is 9.79. The van der Waals surface area contributed by atoms with Gasteiger partial charge in [-0.15, -0.1) is 34.0 Å². The zero-order valence-electron chi connectivity index (χ0n) is 30.6. The van der Waals surface area contributed by atoms with E-state index >= 15 is 9.13 Å². The van der Waals surface area contributed by atoms with Crippen molar-refractivity contribution < 1.29 is 9.13 Å². The Labute approximate surface area is 346 Å². The van der Waals surface area contributed by atoms with E-state index in [0.717, 1.165) is 61.9 Å². The van der Waals surface area contributed by atoms with Crippen molar-refractivity contribution in [3.8, 4) is 31.3 Å². The Morgan fingerprint density at radius 3 is 1.43 bits per heavy atom. The number of thiophene rings is 3. The second-order valence-corrected chi connectivity index (χ2v) is 23.4. The lowest BCUT2D eigenvalue weighted by Crippen LogP contribution is -2.26. The maximum Gasteiger partial charge on any atom is 0.190 e. The highest BCUT2D eigenvalue weighted by molar-refractivity contribution is 7.93. The van der Waals surface area contributed by atoms with Crippen molar-refractivity contribution in [3.05, 3.63) is 204 Å². The molecule has 276 valence electrons. The standard InChI is InChI=1S/C48H38O2P2S4/c1-34-29-40(51(49,42(33-53)31-35(2)36-15-7-3-8-16-36)46-26-23-43(54-46)37-17-9-4-10-18-37)32-41(30-34)52(50,47-27-24-44(55-47)38-19-11-5-12-20-38)48-28-25-45(56-48)39-21-13-6-14-22-39/h3-30,32-33,53H,2,31H2,1H3/b42-33+. The highest BCUT2D eigenvalue weighted by Gasteiger charge is 2.38. The van der Waals surface area contributed by atoms with Crippen LogP contribution in [0.3, 0.4) is 0 Å². The zero-order chi connectivity index (χ0) is 38.7. The predicted molar refractivity (Wildman–Crippen MR) is 251 cm³/mol. The summed E-state index contributed by atoms with van der Waals surface area (Å²) in [5.41, 5.74) is 5.94. The lowest BCUT2D eigenvalue weighted by atomic mass is 10.1. The molecular weight excluding hydrogens is 799 g/mol. The number of hydrogen-bond acceptors (Lipinski definition) is 6. The van der Waals surface area contributed by atoms with Crippen molar-refractivity contribution in [1.82, 2.24) is 0 Å². The second kappa shape index (κ2) is 16.5. The van der Waals surface area contributed by atoms with Crippen LogP contribution in [0.1, 0.15) is 17.5 Å². The minimum atomic E-state index is -3.57. The van der Waals surface area contributed by atoms with Crippen LogP contribution < -0.4 is 24.5 Å². The van der Waals surface area contributed by atoms with Crippen molar-refractivity contribution >= 4 is 91.0 Å². The van der Waals surface area contributed by atoms with E-state index < -0.39 is 14.3 Å². The van der Waals surface area contributed by atoms with Gasteiger partial charge in [0, 0.05) is 37.0 Å². The van der Waals surface area contributed by atoms with Crippen LogP contribution in [0.4, 0.5) is 0 Å². The molecule has 1 unspecified atom stereocenters. The summed E-state index contributed by atoms with van der Waals surface area (Å²) in [6.45, 7) is 6.45. The van der Waals surface area contributed by atoms with Crippen LogP contribution in [0.5, 0.6) is 0 Å². The first-order valence-electron chi connectivity index (χ1n) is 18.1. The molecule has 0 amide bonds. The molecule has 56 heavy (non-hydrogen) atoms. The average molecular weight is 837 g/mol. The van der Waals surface area contributed by atoms with E-state index in [1.807, 2.05) is 128 Å². The summed E-state index contributed by atoms with van der Waals surface area (Å²) in [7, 11) is -7.06. The van der Waals surface area contributed by atoms with Gasteiger partial charge >= 0.3 is 0 Å². The molecule has 0 saturated carbocycles. The minimum Gasteiger partial charge on any atom is -0.308 e. The number of rotatable bonds is 12. The summed E-state index contributed by atoms with van der Waals surface area (Å²) in [5.74, 6) is 0. The number of thiol groups is 1. The van der Waals surface area contributed by atoms with Crippen molar-refractivity contribution in [1.29, 1.82) is 0 Å². The summed E-state index contributed by atoms with van der Waals surface area (Å²) in [6, 6.07) is 58.9. The molecule has 0 fully saturated rings. The van der Waals surface area contributed by atoms with Gasteiger partial charge in [0.1, 0.15) is 0 Å². The molecule has 0 N–H and O–H groups in total. The van der Waals surface area contributed by atoms with Crippen LogP contribution >= 0.6 is 60.9 Å². The first-order chi connectivity index (χ1) is 27.3. The van der Waals surface area contributed by atoms with Gasteiger partial charge in [0.2, 0.25) is 0 Å². The molecule has 0 radical (unpaired) electrons. The summed E-state index contributed by atoms with van der Waals surface area (Å²) >= 11 is 9.41. The van der Waals surface area contributed by atoms with Crippen molar-refractivity contribution in [2.75, 3.05) is 0 Å². The van der Waals surface area contributed by atoms with Crippen LogP contribution in [0.2, 0.25) is 0 Å². The molecule has 0 aliphatic carbocycles. The fourth-order valence-electron chi connectivity index (χ4n) is 6.90. The molecule has 3 aromatic heterocycles. The van der Waals surface area contributed by atoms with Crippen LogP contribution in [0.25, 0.3) is 36.9 Å². The Bertz CT molecular complexity index is 2680. The molecule has 0 aliphatic rings. The van der Waals surface area contributed by atoms with E-state index in [2.05, 4.69) is 61.2 Å². The largest absolute Gasteiger partial charge is 0.308 e. The van der Waals surface area contributed by atoms with Gasteiger partial charge in [0.05, 0.1) is 13.9 Å². The van der Waals surface area contributed by atoms with Gasteiger partial charge < -0.3 is 9.13 Å². The first kappa shape index (κ1) is 38.4. The van der Waals surface area contributed by atoms with Crippen molar-refractivity contribution in [2.24, 2.45) is 0 Å². The predicted octanol–water partition coefficient (Wildman–Crippen LogP) is 13.0. The molecular formula is C48H38O2P2S4. The van der Waals surface area contributed by atoms with Gasteiger partial charge in [0.25, 0.3) is 0 Å². The van der Waals surface area contributed by atoms with Crippen molar-refractivity contribution in [3.63, 3.8) is 0 Å². The van der Waals surface area contributed by atoms with Crippen LogP contribution in [0, 0.1) is 6.92 Å². The second-order valence-electron chi connectivity index (χ2n) is 13.5. The van der Waals surface area contributed by atoms with Crippen LogP contribution in [-0.4, -0.2) is 0 Å². The number of benzene rings is 5. The lowest BCUT2D eigenvalue weighted by molar-refractivity contribution is 0.590. The van der Waals surface area contributed by atoms with Crippen LogP contribution in [-0.2, 0) is 9.13 Å². The van der Waals surface area contributed by atoms with E-state index in [0.29, 0.717) is 22.3 Å². The van der Waals surface area contributed by atoms with Crippen molar-refractivity contribution in [2.45, 2.75) is 13.3 Å². The molecule has 8 rings (SSSR count). The fourth-order valence-corrected chi connectivity index (χ4v) is 18.8. The Hall–Kier alpha value is -4.51. The zero-order valence-corrected chi connectivity index (χ0v) is 35.8. The Balaban J connectivity index is 1.32. The topological polar surface area (TPSA) is 34.1 Å². The first-order valence-corrected chi connectivity index (χ1v) is 24.5. The number of hydrogen-bond donors (Lipinski definition) is 1. The average Bonchev–Trinajstić information content (AvgIpc) is 4.06. The molecule has 3 heterocycles. The van der Waals surface area contributed by atoms with E-state index in [9.17, 15) is 0 Å². The summed E-state index contributed by atoms with van der Waals surface area (Å²) in [4.78, 5) is 3.12. The number of allylic oxidation sites excluding steroid dienone is 2. The minimum absolute atomic E-state index is 0.362. The monoisotopic (exact) mass is 836 g/mol. The summed E-state index contributed by atoms with van der Waals surface area (Å²) < 4.78 is 35.1. The molecule has 8 aromatic rings. The van der Waals surface area contributed by atoms with Gasteiger partial charge in [-0.2, -0.15) is 12.6 Å². The molecule has 0 aliphatic heterocycles. The summed E-state index contributed by atoms with van der Waals surface area (Å²) in [6.07, 6.45) is 0.362. The number of aryl methyl sites for hydroxylation is 1. The summed E-state index contributed by atoms with van der Waals surface area (Å²) in [5, 5.41) is 3.67. The van der Waals surface area contributed by atoms with Gasteiger partial charge in [-0.05, 0) is 100 Å². The SMILES string of the molecule is C=C(C/C(=C\S)P(=O)(c1cc(C)cc(P(=O)(c2ccc(-c3ccccc3)s2)c2ccc(-c3ccccc3)s2)c1)c1ccc(-c2ccccc2)s1)c1ccccc1. The van der Waals surface area contributed by atoms with Crippen LogP contribution in [0.15, 0.2) is 193 Å². The Morgan fingerprint density at radius 1 is 0.554 bits per heavy atom. The normalized spacial score (nSPS) is 13.0. The van der Waals surface area contributed by atoms with Gasteiger partial charge in [0.15, 0.2) is 14.3 Å².